The van der Waals surface area contributed by atoms with Crippen LogP contribution in [0.25, 0.3) is 0 Å². The molecule has 2 heterocycles. The van der Waals surface area contributed by atoms with Gasteiger partial charge in [0.15, 0.2) is 12.0 Å². The smallest absolute Gasteiger partial charge is 0.231 e. The molecule has 7 heteroatoms. The van der Waals surface area contributed by atoms with Gasteiger partial charge in [-0.1, -0.05) is 18.2 Å². The zero-order chi connectivity index (χ0) is 22.2. The van der Waals surface area contributed by atoms with Crippen LogP contribution in [0.5, 0.6) is 11.5 Å². The van der Waals surface area contributed by atoms with Gasteiger partial charge in [-0.15, -0.1) is 11.8 Å². The van der Waals surface area contributed by atoms with E-state index in [-0.39, 0.29) is 0 Å². The largest absolute Gasteiger partial charge is 0.497 e. The van der Waals surface area contributed by atoms with E-state index in [1.807, 2.05) is 30.0 Å². The van der Waals surface area contributed by atoms with Gasteiger partial charge in [-0.05, 0) is 55.3 Å². The van der Waals surface area contributed by atoms with Crippen LogP contribution in [-0.2, 0) is 9.47 Å². The van der Waals surface area contributed by atoms with E-state index in [0.717, 1.165) is 85.8 Å². The van der Waals surface area contributed by atoms with E-state index in [4.69, 9.17) is 18.9 Å². The molecule has 0 amide bonds. The molecule has 172 valence electrons. The van der Waals surface area contributed by atoms with Gasteiger partial charge in [0, 0.05) is 26.2 Å². The fourth-order valence-electron chi connectivity index (χ4n) is 3.95. The zero-order valence-corrected chi connectivity index (χ0v) is 19.7. The van der Waals surface area contributed by atoms with Gasteiger partial charge in [0.2, 0.25) is 5.88 Å². The maximum atomic E-state index is 5.90. The Morgan fingerprint density at radius 1 is 1.03 bits per heavy atom. The third-order valence-electron chi connectivity index (χ3n) is 5.83. The molecule has 1 aromatic carbocycles. The summed E-state index contributed by atoms with van der Waals surface area (Å²) in [7, 11) is 3.40. The molecule has 3 aliphatic rings. The van der Waals surface area contributed by atoms with Crippen molar-refractivity contribution >= 4 is 11.8 Å². The first-order valence-electron chi connectivity index (χ1n) is 11.2. The molecule has 1 saturated heterocycles. The highest BCUT2D eigenvalue weighted by Crippen LogP contribution is 2.33. The maximum Gasteiger partial charge on any atom is 0.231 e. The summed E-state index contributed by atoms with van der Waals surface area (Å²) >= 11 is 1.82. The number of piperazine rings is 1. The van der Waals surface area contributed by atoms with Crippen molar-refractivity contribution in [3.63, 3.8) is 0 Å². The number of thioether (sulfide) groups is 1. The molecule has 0 unspecified atom stereocenters. The molecule has 1 fully saturated rings. The Labute approximate surface area is 195 Å². The number of nitrogens with zero attached hydrogens (tertiary/aromatic N) is 2. The topological polar surface area (TPSA) is 43.4 Å². The maximum absolute atomic E-state index is 5.90. The summed E-state index contributed by atoms with van der Waals surface area (Å²) < 4.78 is 22.6. The van der Waals surface area contributed by atoms with Crippen molar-refractivity contribution in [1.82, 2.24) is 9.80 Å². The molecule has 0 atom stereocenters. The van der Waals surface area contributed by atoms with E-state index >= 15 is 0 Å². The van der Waals surface area contributed by atoms with Gasteiger partial charge in [-0.3, -0.25) is 4.90 Å². The molecule has 0 radical (unpaired) electrons. The van der Waals surface area contributed by atoms with Crippen LogP contribution in [0.3, 0.4) is 0 Å². The van der Waals surface area contributed by atoms with Gasteiger partial charge in [0.1, 0.15) is 17.8 Å². The number of rotatable bonds is 9. The van der Waals surface area contributed by atoms with Crippen molar-refractivity contribution in [3.05, 3.63) is 66.2 Å². The highest BCUT2D eigenvalue weighted by Gasteiger charge is 2.22. The lowest BCUT2D eigenvalue weighted by molar-refractivity contribution is 0.0848. The SMILES string of the molecule is COc1ccc(OC)c(SCCCN2CCN(C3=COC(C4=CC=CCC4)=CO3)CC2)c1. The summed E-state index contributed by atoms with van der Waals surface area (Å²) in [6.07, 6.45) is 13.0. The minimum absolute atomic E-state index is 0.807. The first-order valence-corrected chi connectivity index (χ1v) is 12.2. The van der Waals surface area contributed by atoms with Gasteiger partial charge < -0.3 is 23.8 Å². The molecule has 0 spiro atoms. The average Bonchev–Trinajstić information content (AvgIpc) is 2.87. The van der Waals surface area contributed by atoms with Gasteiger partial charge in [-0.25, -0.2) is 0 Å². The normalized spacial score (nSPS) is 18.8. The second-order valence-corrected chi connectivity index (χ2v) is 9.02. The monoisotopic (exact) mass is 456 g/mol. The first kappa shape index (κ1) is 22.7. The number of ether oxygens (including phenoxy) is 4. The quantitative estimate of drug-likeness (QED) is 0.392. The molecular weight excluding hydrogens is 424 g/mol. The lowest BCUT2D eigenvalue weighted by atomic mass is 10.0. The Kier molecular flexibility index (Phi) is 8.07. The summed E-state index contributed by atoms with van der Waals surface area (Å²) in [5, 5.41) is 0. The first-order chi connectivity index (χ1) is 15.8. The molecule has 1 aromatic rings. The molecule has 6 nitrogen and oxygen atoms in total. The Morgan fingerprint density at radius 2 is 1.91 bits per heavy atom. The van der Waals surface area contributed by atoms with E-state index in [2.05, 4.69) is 28.0 Å². The fourth-order valence-corrected chi connectivity index (χ4v) is 4.94. The third kappa shape index (κ3) is 5.84. The van der Waals surface area contributed by atoms with Gasteiger partial charge >= 0.3 is 0 Å². The number of hydrogen-bond donors (Lipinski definition) is 0. The lowest BCUT2D eigenvalue weighted by Gasteiger charge is -2.36. The predicted molar refractivity (Wildman–Crippen MR) is 128 cm³/mol. The van der Waals surface area contributed by atoms with E-state index in [1.54, 1.807) is 26.7 Å². The Balaban J connectivity index is 1.16. The number of allylic oxidation sites excluding steroid dienone is 4. The molecule has 1 aliphatic carbocycles. The van der Waals surface area contributed by atoms with Crippen molar-refractivity contribution in [2.75, 3.05) is 52.7 Å². The number of benzene rings is 1. The summed E-state index contributed by atoms with van der Waals surface area (Å²) in [6.45, 7) is 5.04. The van der Waals surface area contributed by atoms with Crippen LogP contribution in [0.2, 0.25) is 0 Å². The van der Waals surface area contributed by atoms with Crippen LogP contribution in [0, 0.1) is 0 Å². The highest BCUT2D eigenvalue weighted by atomic mass is 32.2. The van der Waals surface area contributed by atoms with Crippen LogP contribution in [0.15, 0.2) is 71.1 Å². The molecule has 0 N–H and O–H groups in total. The average molecular weight is 457 g/mol. The molecule has 4 rings (SSSR count). The van der Waals surface area contributed by atoms with E-state index < -0.39 is 0 Å². The van der Waals surface area contributed by atoms with Crippen LogP contribution in [0.4, 0.5) is 0 Å². The van der Waals surface area contributed by atoms with Crippen molar-refractivity contribution in [2.24, 2.45) is 0 Å². The number of methoxy groups -OCH3 is 2. The predicted octanol–water partition coefficient (Wildman–Crippen LogP) is 4.77. The standard InChI is InChI=1S/C25H32N2O4S/c1-28-21-9-10-22(29-2)24(17-21)32-16-6-11-26-12-14-27(15-13-26)25-19-30-23(18-31-25)20-7-4-3-5-8-20/h3-4,7,9-10,17-19H,5-6,8,11-16H2,1-2H3. The van der Waals surface area contributed by atoms with E-state index in [0.29, 0.717) is 0 Å². The minimum Gasteiger partial charge on any atom is -0.497 e. The van der Waals surface area contributed by atoms with E-state index in [1.165, 1.54) is 5.57 Å². The third-order valence-corrected chi connectivity index (χ3v) is 6.96. The van der Waals surface area contributed by atoms with Crippen molar-refractivity contribution in [2.45, 2.75) is 24.2 Å². The minimum atomic E-state index is 0.807. The molecule has 0 saturated carbocycles. The van der Waals surface area contributed by atoms with Gasteiger partial charge in [0.25, 0.3) is 0 Å². The summed E-state index contributed by atoms with van der Waals surface area (Å²) in [5.74, 6) is 4.44. The van der Waals surface area contributed by atoms with Crippen molar-refractivity contribution < 1.29 is 18.9 Å². The second kappa shape index (κ2) is 11.4. The van der Waals surface area contributed by atoms with Gasteiger partial charge in [-0.2, -0.15) is 0 Å². The molecule has 32 heavy (non-hydrogen) atoms. The molecular formula is C25H32N2O4S. The van der Waals surface area contributed by atoms with Crippen LogP contribution in [0.1, 0.15) is 19.3 Å². The zero-order valence-electron chi connectivity index (χ0n) is 18.9. The summed E-state index contributed by atoms with van der Waals surface area (Å²) in [6, 6.07) is 5.94. The van der Waals surface area contributed by atoms with Gasteiger partial charge in [0.05, 0.1) is 19.1 Å². The van der Waals surface area contributed by atoms with Crippen molar-refractivity contribution in [1.29, 1.82) is 0 Å². The number of hydrogen-bond acceptors (Lipinski definition) is 7. The van der Waals surface area contributed by atoms with Crippen LogP contribution < -0.4 is 9.47 Å². The van der Waals surface area contributed by atoms with Crippen molar-refractivity contribution in [3.8, 4) is 11.5 Å². The molecule has 0 bridgehead atoms. The van der Waals surface area contributed by atoms with Crippen LogP contribution in [-0.4, -0.2) is 62.5 Å². The van der Waals surface area contributed by atoms with Crippen LogP contribution >= 0.6 is 11.8 Å². The Bertz CT molecular complexity index is 901. The highest BCUT2D eigenvalue weighted by molar-refractivity contribution is 7.99. The second-order valence-electron chi connectivity index (χ2n) is 7.88. The Hall–Kier alpha value is -2.51. The molecule has 2 aliphatic heterocycles. The summed E-state index contributed by atoms with van der Waals surface area (Å²) in [4.78, 5) is 5.91. The van der Waals surface area contributed by atoms with E-state index in [9.17, 15) is 0 Å². The lowest BCUT2D eigenvalue weighted by Crippen LogP contribution is -2.46. The fraction of sp³-hybridized carbons (Fsp3) is 0.440. The Morgan fingerprint density at radius 3 is 2.59 bits per heavy atom. The molecule has 0 aromatic heterocycles. The summed E-state index contributed by atoms with van der Waals surface area (Å²) in [5.41, 5.74) is 1.19.